The SMILES string of the molecule is CC(C)C1CC(=O)N(CC(=O)N(C)c2ccccc2)CN1. The van der Waals surface area contributed by atoms with Crippen LogP contribution in [0.25, 0.3) is 0 Å². The standard InChI is InChI=1S/C16H23N3O2/c1-12(2)14-9-15(20)19(11-17-14)10-16(21)18(3)13-7-5-4-6-8-13/h4-8,12,14,17H,9-11H2,1-3H3. The number of carbonyl (C=O) groups excluding carboxylic acids is 2. The molecule has 1 aliphatic rings. The maximum atomic E-state index is 12.3. The molecule has 1 saturated heterocycles. The summed E-state index contributed by atoms with van der Waals surface area (Å²) >= 11 is 0. The monoisotopic (exact) mass is 289 g/mol. The third kappa shape index (κ3) is 3.82. The van der Waals surface area contributed by atoms with Crippen molar-refractivity contribution in [3.8, 4) is 0 Å². The Morgan fingerprint density at radius 3 is 2.62 bits per heavy atom. The number of nitrogens with zero attached hydrogens (tertiary/aromatic N) is 2. The average Bonchev–Trinajstić information content (AvgIpc) is 2.49. The smallest absolute Gasteiger partial charge is 0.246 e. The van der Waals surface area contributed by atoms with Crippen molar-refractivity contribution in [3.05, 3.63) is 30.3 Å². The number of anilines is 1. The first-order chi connectivity index (χ1) is 9.99. The molecule has 1 fully saturated rings. The molecule has 0 saturated carbocycles. The van der Waals surface area contributed by atoms with E-state index in [1.807, 2.05) is 30.3 Å². The van der Waals surface area contributed by atoms with Gasteiger partial charge in [-0.3, -0.25) is 14.9 Å². The summed E-state index contributed by atoms with van der Waals surface area (Å²) in [7, 11) is 1.73. The Kier molecular flexibility index (Phi) is 4.96. The zero-order chi connectivity index (χ0) is 15.4. The van der Waals surface area contributed by atoms with E-state index in [9.17, 15) is 9.59 Å². The molecule has 21 heavy (non-hydrogen) atoms. The summed E-state index contributed by atoms with van der Waals surface area (Å²) in [5, 5.41) is 3.32. The zero-order valence-corrected chi connectivity index (χ0v) is 12.9. The van der Waals surface area contributed by atoms with Crippen LogP contribution >= 0.6 is 0 Å². The Morgan fingerprint density at radius 2 is 2.05 bits per heavy atom. The molecule has 1 N–H and O–H groups in total. The van der Waals surface area contributed by atoms with Crippen LogP contribution in [0.1, 0.15) is 20.3 Å². The summed E-state index contributed by atoms with van der Waals surface area (Å²) in [5.41, 5.74) is 0.833. The van der Waals surface area contributed by atoms with Crippen molar-refractivity contribution < 1.29 is 9.59 Å². The third-order valence-electron chi connectivity index (χ3n) is 3.94. The fourth-order valence-electron chi connectivity index (χ4n) is 2.39. The predicted molar refractivity (Wildman–Crippen MR) is 82.8 cm³/mol. The molecule has 5 heteroatoms. The van der Waals surface area contributed by atoms with Gasteiger partial charge in [-0.05, 0) is 18.1 Å². The number of likely N-dealkylation sites (N-methyl/N-ethyl adjacent to an activating group) is 1. The molecule has 0 aromatic heterocycles. The molecule has 1 aliphatic heterocycles. The lowest BCUT2D eigenvalue weighted by atomic mass is 9.99. The number of benzene rings is 1. The van der Waals surface area contributed by atoms with Gasteiger partial charge in [0.15, 0.2) is 0 Å². The van der Waals surface area contributed by atoms with Crippen molar-refractivity contribution in [2.75, 3.05) is 25.2 Å². The van der Waals surface area contributed by atoms with E-state index in [1.165, 1.54) is 0 Å². The molecule has 0 bridgehead atoms. The third-order valence-corrected chi connectivity index (χ3v) is 3.94. The minimum atomic E-state index is -0.0839. The molecule has 2 rings (SSSR count). The van der Waals surface area contributed by atoms with Gasteiger partial charge in [-0.15, -0.1) is 0 Å². The van der Waals surface area contributed by atoms with Crippen LogP contribution in [0.4, 0.5) is 5.69 Å². The predicted octanol–water partition coefficient (Wildman–Crippen LogP) is 1.45. The summed E-state index contributed by atoms with van der Waals surface area (Å²) in [4.78, 5) is 27.6. The number of nitrogens with one attached hydrogen (secondary N) is 1. The summed E-state index contributed by atoms with van der Waals surface area (Å²) in [6.07, 6.45) is 0.458. The lowest BCUT2D eigenvalue weighted by Crippen LogP contribution is -2.55. The molecule has 1 heterocycles. The summed E-state index contributed by atoms with van der Waals surface area (Å²) in [6.45, 7) is 4.74. The quantitative estimate of drug-likeness (QED) is 0.913. The second kappa shape index (κ2) is 6.72. The van der Waals surface area contributed by atoms with Crippen molar-refractivity contribution in [2.24, 2.45) is 5.92 Å². The summed E-state index contributed by atoms with van der Waals surface area (Å²) < 4.78 is 0. The van der Waals surface area contributed by atoms with Crippen LogP contribution in [0.3, 0.4) is 0 Å². The van der Waals surface area contributed by atoms with Gasteiger partial charge < -0.3 is 9.80 Å². The number of amides is 2. The topological polar surface area (TPSA) is 52.7 Å². The summed E-state index contributed by atoms with van der Waals surface area (Å²) in [5.74, 6) is 0.375. The molecule has 5 nitrogen and oxygen atoms in total. The van der Waals surface area contributed by atoms with E-state index in [1.54, 1.807) is 16.8 Å². The van der Waals surface area contributed by atoms with Crippen LogP contribution in [-0.2, 0) is 9.59 Å². The van der Waals surface area contributed by atoms with Crippen LogP contribution in [-0.4, -0.2) is 43.0 Å². The molecule has 0 spiro atoms. The lowest BCUT2D eigenvalue weighted by Gasteiger charge is -2.35. The van der Waals surface area contributed by atoms with Crippen LogP contribution in [0.15, 0.2) is 30.3 Å². The maximum Gasteiger partial charge on any atom is 0.246 e. The number of hydrogen-bond acceptors (Lipinski definition) is 3. The van der Waals surface area contributed by atoms with Gasteiger partial charge in [-0.25, -0.2) is 0 Å². The molecule has 1 aromatic rings. The molecule has 0 radical (unpaired) electrons. The number of rotatable bonds is 4. The Morgan fingerprint density at radius 1 is 1.38 bits per heavy atom. The normalized spacial score (nSPS) is 19.0. The molecule has 1 aromatic carbocycles. The van der Waals surface area contributed by atoms with Gasteiger partial charge in [0.05, 0.1) is 6.67 Å². The van der Waals surface area contributed by atoms with Crippen LogP contribution in [0.2, 0.25) is 0 Å². The van der Waals surface area contributed by atoms with Crippen molar-refractivity contribution in [1.82, 2.24) is 10.2 Å². The Hall–Kier alpha value is -1.88. The minimum Gasteiger partial charge on any atom is -0.321 e. The van der Waals surface area contributed by atoms with Gasteiger partial charge in [0.25, 0.3) is 0 Å². The molecule has 0 aliphatic carbocycles. The van der Waals surface area contributed by atoms with Crippen molar-refractivity contribution in [3.63, 3.8) is 0 Å². The van der Waals surface area contributed by atoms with Gasteiger partial charge in [-0.2, -0.15) is 0 Å². The Labute approximate surface area is 125 Å². The van der Waals surface area contributed by atoms with Crippen LogP contribution < -0.4 is 10.2 Å². The van der Waals surface area contributed by atoms with E-state index in [4.69, 9.17) is 0 Å². The van der Waals surface area contributed by atoms with E-state index in [0.717, 1.165) is 5.69 Å². The highest BCUT2D eigenvalue weighted by molar-refractivity contribution is 5.96. The summed E-state index contributed by atoms with van der Waals surface area (Å²) in [6, 6.07) is 9.65. The zero-order valence-electron chi connectivity index (χ0n) is 12.9. The van der Waals surface area contributed by atoms with Gasteiger partial charge in [-0.1, -0.05) is 32.0 Å². The van der Waals surface area contributed by atoms with E-state index in [-0.39, 0.29) is 24.4 Å². The highest BCUT2D eigenvalue weighted by Gasteiger charge is 2.28. The van der Waals surface area contributed by atoms with Gasteiger partial charge in [0, 0.05) is 25.2 Å². The number of hydrogen-bond donors (Lipinski definition) is 1. The molecule has 1 atom stereocenters. The van der Waals surface area contributed by atoms with Crippen molar-refractivity contribution in [2.45, 2.75) is 26.3 Å². The van der Waals surface area contributed by atoms with Gasteiger partial charge in [0.2, 0.25) is 11.8 Å². The van der Waals surface area contributed by atoms with E-state index < -0.39 is 0 Å². The molecule has 1 unspecified atom stereocenters. The first-order valence-electron chi connectivity index (χ1n) is 7.32. The first kappa shape index (κ1) is 15.5. The average molecular weight is 289 g/mol. The fraction of sp³-hybridized carbons (Fsp3) is 0.500. The highest BCUT2D eigenvalue weighted by atomic mass is 16.2. The molecular formula is C16H23N3O2. The van der Waals surface area contributed by atoms with Gasteiger partial charge >= 0.3 is 0 Å². The maximum absolute atomic E-state index is 12.3. The number of para-hydroxylation sites is 1. The fourth-order valence-corrected chi connectivity index (χ4v) is 2.39. The molecule has 114 valence electrons. The largest absolute Gasteiger partial charge is 0.321 e. The number of carbonyl (C=O) groups is 2. The van der Waals surface area contributed by atoms with Crippen LogP contribution in [0.5, 0.6) is 0 Å². The second-order valence-corrected chi connectivity index (χ2v) is 5.80. The Bertz CT molecular complexity index is 502. The highest BCUT2D eigenvalue weighted by Crippen LogP contribution is 2.15. The molecule has 2 amide bonds. The van der Waals surface area contributed by atoms with Gasteiger partial charge in [0.1, 0.15) is 6.54 Å². The molecular weight excluding hydrogens is 266 g/mol. The van der Waals surface area contributed by atoms with Crippen LogP contribution in [0, 0.1) is 5.92 Å². The first-order valence-corrected chi connectivity index (χ1v) is 7.32. The Balaban J connectivity index is 1.93. The van der Waals surface area contributed by atoms with E-state index in [2.05, 4.69) is 19.2 Å². The lowest BCUT2D eigenvalue weighted by molar-refractivity contribution is -0.138. The van der Waals surface area contributed by atoms with Crippen molar-refractivity contribution >= 4 is 17.5 Å². The van der Waals surface area contributed by atoms with E-state index >= 15 is 0 Å². The second-order valence-electron chi connectivity index (χ2n) is 5.80. The van der Waals surface area contributed by atoms with E-state index in [0.29, 0.717) is 19.0 Å². The minimum absolute atomic E-state index is 0.0438. The van der Waals surface area contributed by atoms with Crippen molar-refractivity contribution in [1.29, 1.82) is 0 Å².